The van der Waals surface area contributed by atoms with Gasteiger partial charge in [0.25, 0.3) is 0 Å². The van der Waals surface area contributed by atoms with Crippen molar-refractivity contribution >= 4 is 43.5 Å². The van der Waals surface area contributed by atoms with E-state index in [1.165, 1.54) is 43.5 Å². The minimum Gasteiger partial charge on any atom is -0.361 e. The SMILES string of the molecule is c1ccc2c(c1)[nH]c1c3cc4cc[nH]c4cc3ccc21. The van der Waals surface area contributed by atoms with Gasteiger partial charge in [0, 0.05) is 38.8 Å². The molecule has 0 aliphatic heterocycles. The van der Waals surface area contributed by atoms with Crippen LogP contribution in [0.25, 0.3) is 43.5 Å². The molecular weight excluding hydrogens is 244 g/mol. The maximum absolute atomic E-state index is 3.57. The molecule has 94 valence electrons. The van der Waals surface area contributed by atoms with Crippen molar-refractivity contribution in [3.8, 4) is 0 Å². The maximum atomic E-state index is 3.57. The first kappa shape index (κ1) is 10.1. The molecule has 5 aromatic rings. The number of hydrogen-bond acceptors (Lipinski definition) is 0. The number of benzene rings is 3. The molecule has 0 atom stereocenters. The third kappa shape index (κ3) is 1.18. The number of hydrogen-bond donors (Lipinski definition) is 2. The van der Waals surface area contributed by atoms with E-state index in [2.05, 4.69) is 64.6 Å². The Morgan fingerprint density at radius 2 is 1.60 bits per heavy atom. The Morgan fingerprint density at radius 3 is 2.60 bits per heavy atom. The molecule has 2 nitrogen and oxygen atoms in total. The number of para-hydroxylation sites is 1. The van der Waals surface area contributed by atoms with E-state index in [9.17, 15) is 0 Å². The quantitative estimate of drug-likeness (QED) is 0.392. The Kier molecular flexibility index (Phi) is 1.73. The minimum atomic E-state index is 1.19. The molecule has 0 amide bonds. The van der Waals surface area contributed by atoms with Crippen LogP contribution in [0.1, 0.15) is 0 Å². The molecule has 0 aliphatic carbocycles. The first-order valence-electron chi connectivity index (χ1n) is 6.80. The summed E-state index contributed by atoms with van der Waals surface area (Å²) in [6.45, 7) is 0. The Morgan fingerprint density at radius 1 is 0.650 bits per heavy atom. The smallest absolute Gasteiger partial charge is 0.0544 e. The van der Waals surface area contributed by atoms with E-state index < -0.39 is 0 Å². The molecule has 0 aliphatic rings. The van der Waals surface area contributed by atoms with Crippen LogP contribution in [0.2, 0.25) is 0 Å². The topological polar surface area (TPSA) is 31.6 Å². The fourth-order valence-electron chi connectivity index (χ4n) is 3.19. The van der Waals surface area contributed by atoms with Gasteiger partial charge >= 0.3 is 0 Å². The van der Waals surface area contributed by atoms with Crippen LogP contribution in [-0.2, 0) is 0 Å². The normalized spacial score (nSPS) is 12.0. The van der Waals surface area contributed by atoms with Gasteiger partial charge in [-0.25, -0.2) is 0 Å². The Labute approximate surface area is 115 Å². The second-order valence-electron chi connectivity index (χ2n) is 5.30. The molecule has 0 saturated heterocycles. The van der Waals surface area contributed by atoms with Crippen molar-refractivity contribution in [2.45, 2.75) is 0 Å². The van der Waals surface area contributed by atoms with Gasteiger partial charge in [-0.3, -0.25) is 0 Å². The van der Waals surface area contributed by atoms with Gasteiger partial charge in [0.2, 0.25) is 0 Å². The van der Waals surface area contributed by atoms with Gasteiger partial charge in [0.05, 0.1) is 5.52 Å². The predicted octanol–water partition coefficient (Wildman–Crippen LogP) is 4.96. The highest BCUT2D eigenvalue weighted by molar-refractivity contribution is 6.18. The van der Waals surface area contributed by atoms with E-state index in [0.717, 1.165) is 0 Å². The van der Waals surface area contributed by atoms with E-state index in [1.54, 1.807) is 0 Å². The number of H-pyrrole nitrogens is 2. The van der Waals surface area contributed by atoms with Gasteiger partial charge in [0.15, 0.2) is 0 Å². The van der Waals surface area contributed by atoms with Crippen molar-refractivity contribution in [3.63, 3.8) is 0 Å². The molecule has 0 radical (unpaired) electrons. The lowest BCUT2D eigenvalue weighted by molar-refractivity contribution is 1.48. The van der Waals surface area contributed by atoms with Gasteiger partial charge in [-0.05, 0) is 29.7 Å². The monoisotopic (exact) mass is 256 g/mol. The van der Waals surface area contributed by atoms with Crippen LogP contribution in [0.4, 0.5) is 0 Å². The molecule has 5 rings (SSSR count). The van der Waals surface area contributed by atoms with Gasteiger partial charge < -0.3 is 9.97 Å². The van der Waals surface area contributed by atoms with E-state index in [0.29, 0.717) is 0 Å². The highest BCUT2D eigenvalue weighted by Gasteiger charge is 2.08. The third-order valence-electron chi connectivity index (χ3n) is 4.17. The summed E-state index contributed by atoms with van der Waals surface area (Å²) in [5.41, 5.74) is 3.61. The standard InChI is InChI=1S/C18H12N2/c1-2-4-16-13(3-1)14-6-5-11-10-17-12(7-8-19-17)9-15(11)18(14)20-16/h1-10,19-20H. The van der Waals surface area contributed by atoms with Crippen LogP contribution >= 0.6 is 0 Å². The van der Waals surface area contributed by atoms with Gasteiger partial charge in [0.1, 0.15) is 0 Å². The van der Waals surface area contributed by atoms with E-state index in [1.807, 2.05) is 6.20 Å². The number of aromatic amines is 2. The first-order chi connectivity index (χ1) is 9.90. The summed E-state index contributed by atoms with van der Waals surface area (Å²) < 4.78 is 0. The summed E-state index contributed by atoms with van der Waals surface area (Å²) in [6, 6.07) is 19.5. The van der Waals surface area contributed by atoms with E-state index >= 15 is 0 Å². The summed E-state index contributed by atoms with van der Waals surface area (Å²) in [5.74, 6) is 0. The molecule has 2 heterocycles. The predicted molar refractivity (Wildman–Crippen MR) is 85.2 cm³/mol. The Bertz CT molecular complexity index is 1100. The zero-order valence-corrected chi connectivity index (χ0v) is 10.8. The lowest BCUT2D eigenvalue weighted by Crippen LogP contribution is -1.76. The molecule has 0 fully saturated rings. The van der Waals surface area contributed by atoms with Gasteiger partial charge in [-0.2, -0.15) is 0 Å². The second-order valence-corrected chi connectivity index (χ2v) is 5.30. The summed E-state index contributed by atoms with van der Waals surface area (Å²) in [7, 11) is 0. The third-order valence-corrected chi connectivity index (χ3v) is 4.17. The molecule has 2 N–H and O–H groups in total. The zero-order chi connectivity index (χ0) is 13.1. The van der Waals surface area contributed by atoms with Crippen LogP contribution in [0.3, 0.4) is 0 Å². The fourth-order valence-corrected chi connectivity index (χ4v) is 3.19. The summed E-state index contributed by atoms with van der Waals surface area (Å²) in [5, 5.41) is 6.38. The molecule has 0 bridgehead atoms. The number of aromatic nitrogens is 2. The lowest BCUT2D eigenvalue weighted by Gasteiger charge is -2.01. The summed E-state index contributed by atoms with van der Waals surface area (Å²) >= 11 is 0. The van der Waals surface area contributed by atoms with Gasteiger partial charge in [-0.1, -0.05) is 30.3 Å². The molecule has 0 unspecified atom stereocenters. The van der Waals surface area contributed by atoms with Crippen LogP contribution < -0.4 is 0 Å². The number of fused-ring (bicyclic) bond motifs is 6. The van der Waals surface area contributed by atoms with Crippen molar-refractivity contribution in [1.82, 2.24) is 9.97 Å². The summed E-state index contributed by atoms with van der Waals surface area (Å²) in [4.78, 5) is 6.84. The largest absolute Gasteiger partial charge is 0.361 e. The van der Waals surface area contributed by atoms with Crippen molar-refractivity contribution in [2.24, 2.45) is 0 Å². The molecule has 3 aromatic carbocycles. The average Bonchev–Trinajstić information content (AvgIpc) is 3.08. The van der Waals surface area contributed by atoms with Crippen LogP contribution in [0.15, 0.2) is 60.8 Å². The van der Waals surface area contributed by atoms with Crippen molar-refractivity contribution in [2.75, 3.05) is 0 Å². The highest BCUT2D eigenvalue weighted by Crippen LogP contribution is 2.32. The molecule has 2 aromatic heterocycles. The van der Waals surface area contributed by atoms with Crippen LogP contribution in [-0.4, -0.2) is 9.97 Å². The Hall–Kier alpha value is -2.74. The van der Waals surface area contributed by atoms with Crippen LogP contribution in [0.5, 0.6) is 0 Å². The molecular formula is C18H12N2. The van der Waals surface area contributed by atoms with Crippen molar-refractivity contribution in [3.05, 3.63) is 60.8 Å². The molecule has 0 spiro atoms. The number of rotatable bonds is 0. The molecule has 2 heteroatoms. The molecule has 0 saturated carbocycles. The zero-order valence-electron chi connectivity index (χ0n) is 10.8. The Balaban J connectivity index is 2.08. The van der Waals surface area contributed by atoms with Gasteiger partial charge in [-0.15, -0.1) is 0 Å². The highest BCUT2D eigenvalue weighted by atomic mass is 14.7. The average molecular weight is 256 g/mol. The van der Waals surface area contributed by atoms with E-state index in [4.69, 9.17) is 0 Å². The summed E-state index contributed by atoms with van der Waals surface area (Å²) in [6.07, 6.45) is 1.99. The van der Waals surface area contributed by atoms with Crippen molar-refractivity contribution in [1.29, 1.82) is 0 Å². The van der Waals surface area contributed by atoms with E-state index in [-0.39, 0.29) is 0 Å². The van der Waals surface area contributed by atoms with Crippen LogP contribution in [0, 0.1) is 0 Å². The minimum absolute atomic E-state index is 1.19. The van der Waals surface area contributed by atoms with Crippen molar-refractivity contribution < 1.29 is 0 Å². The fraction of sp³-hybridized carbons (Fsp3) is 0. The maximum Gasteiger partial charge on any atom is 0.0544 e. The molecule has 20 heavy (non-hydrogen) atoms. The number of nitrogens with one attached hydrogen (secondary N) is 2. The lowest BCUT2D eigenvalue weighted by atomic mass is 10.0. The first-order valence-corrected chi connectivity index (χ1v) is 6.80. The second kappa shape index (κ2) is 3.42.